The lowest BCUT2D eigenvalue weighted by atomic mass is 10.0. The standard InChI is InChI=1S/C13H17N3/c14-9-11-4-6-12(7-5-11)16-8-2-1-3-13(16)10-15/h4-7,13H,1-3,8,10,15H2. The summed E-state index contributed by atoms with van der Waals surface area (Å²) in [7, 11) is 0. The van der Waals surface area contributed by atoms with Gasteiger partial charge >= 0.3 is 0 Å². The molecule has 1 unspecified atom stereocenters. The third-order valence-corrected chi connectivity index (χ3v) is 3.23. The van der Waals surface area contributed by atoms with Gasteiger partial charge in [-0.1, -0.05) is 0 Å². The molecule has 1 aliphatic heterocycles. The zero-order valence-electron chi connectivity index (χ0n) is 9.39. The molecule has 1 aliphatic rings. The van der Waals surface area contributed by atoms with E-state index in [2.05, 4.69) is 11.0 Å². The van der Waals surface area contributed by atoms with Crippen molar-refractivity contribution in [1.82, 2.24) is 0 Å². The van der Waals surface area contributed by atoms with Crippen LogP contribution in [0.5, 0.6) is 0 Å². The SMILES string of the molecule is N#Cc1ccc(N2CCCCC2CN)cc1. The molecule has 0 bridgehead atoms. The van der Waals surface area contributed by atoms with E-state index >= 15 is 0 Å². The first-order valence-electron chi connectivity index (χ1n) is 5.82. The van der Waals surface area contributed by atoms with Crippen LogP contribution >= 0.6 is 0 Å². The number of nitrogens with zero attached hydrogens (tertiary/aromatic N) is 2. The second-order valence-electron chi connectivity index (χ2n) is 4.24. The molecule has 16 heavy (non-hydrogen) atoms. The predicted octanol–water partition coefficient (Wildman–Crippen LogP) is 1.88. The highest BCUT2D eigenvalue weighted by Gasteiger charge is 2.20. The lowest BCUT2D eigenvalue weighted by Gasteiger charge is -2.37. The van der Waals surface area contributed by atoms with Crippen molar-refractivity contribution in [2.24, 2.45) is 5.73 Å². The lowest BCUT2D eigenvalue weighted by Crippen LogP contribution is -2.44. The van der Waals surface area contributed by atoms with Crippen LogP contribution in [0.3, 0.4) is 0 Å². The van der Waals surface area contributed by atoms with Crippen LogP contribution < -0.4 is 10.6 Å². The number of benzene rings is 1. The smallest absolute Gasteiger partial charge is 0.0991 e. The van der Waals surface area contributed by atoms with Gasteiger partial charge in [-0.25, -0.2) is 0 Å². The molecule has 0 aliphatic carbocycles. The monoisotopic (exact) mass is 215 g/mol. The average Bonchev–Trinajstić information content (AvgIpc) is 2.39. The summed E-state index contributed by atoms with van der Waals surface area (Å²) in [6.07, 6.45) is 3.68. The summed E-state index contributed by atoms with van der Waals surface area (Å²) < 4.78 is 0. The Morgan fingerprint density at radius 3 is 2.69 bits per heavy atom. The molecule has 1 aromatic carbocycles. The van der Waals surface area contributed by atoms with Crippen molar-refractivity contribution in [3.05, 3.63) is 29.8 Å². The average molecular weight is 215 g/mol. The topological polar surface area (TPSA) is 53.0 Å². The molecular formula is C13H17N3. The van der Waals surface area contributed by atoms with Crippen LogP contribution in [0.4, 0.5) is 5.69 Å². The fourth-order valence-corrected chi connectivity index (χ4v) is 2.31. The van der Waals surface area contributed by atoms with Gasteiger partial charge in [0.2, 0.25) is 0 Å². The third-order valence-electron chi connectivity index (χ3n) is 3.23. The summed E-state index contributed by atoms with van der Waals surface area (Å²) in [6.45, 7) is 1.79. The quantitative estimate of drug-likeness (QED) is 0.819. The first kappa shape index (κ1) is 11.0. The Bertz CT molecular complexity index is 377. The van der Waals surface area contributed by atoms with E-state index in [-0.39, 0.29) is 0 Å². The highest BCUT2D eigenvalue weighted by molar-refractivity contribution is 5.50. The van der Waals surface area contributed by atoms with Crippen molar-refractivity contribution < 1.29 is 0 Å². The molecule has 3 nitrogen and oxygen atoms in total. The predicted molar refractivity (Wildman–Crippen MR) is 65.2 cm³/mol. The molecule has 1 atom stereocenters. The van der Waals surface area contributed by atoms with Crippen molar-refractivity contribution >= 4 is 5.69 Å². The molecule has 0 amide bonds. The molecule has 0 aromatic heterocycles. The van der Waals surface area contributed by atoms with Gasteiger partial charge in [0.1, 0.15) is 0 Å². The molecule has 0 spiro atoms. The van der Waals surface area contributed by atoms with Crippen LogP contribution in [0.25, 0.3) is 0 Å². The minimum atomic E-state index is 0.460. The molecule has 1 saturated heterocycles. The Hall–Kier alpha value is -1.53. The van der Waals surface area contributed by atoms with E-state index in [1.807, 2.05) is 24.3 Å². The number of nitrogens with two attached hydrogens (primary N) is 1. The van der Waals surface area contributed by atoms with Crippen molar-refractivity contribution in [2.45, 2.75) is 25.3 Å². The molecule has 1 heterocycles. The highest BCUT2D eigenvalue weighted by atomic mass is 15.2. The number of piperidine rings is 1. The van der Waals surface area contributed by atoms with E-state index in [1.54, 1.807) is 0 Å². The largest absolute Gasteiger partial charge is 0.367 e. The first-order chi connectivity index (χ1) is 7.85. The molecule has 2 rings (SSSR count). The van der Waals surface area contributed by atoms with Gasteiger partial charge in [0, 0.05) is 24.8 Å². The summed E-state index contributed by atoms with van der Waals surface area (Å²) >= 11 is 0. The minimum Gasteiger partial charge on any atom is -0.367 e. The van der Waals surface area contributed by atoms with E-state index in [0.29, 0.717) is 18.2 Å². The Kier molecular flexibility index (Phi) is 3.43. The Morgan fingerprint density at radius 1 is 1.31 bits per heavy atom. The van der Waals surface area contributed by atoms with E-state index in [9.17, 15) is 0 Å². The summed E-state index contributed by atoms with van der Waals surface area (Å²) in [5.74, 6) is 0. The second-order valence-corrected chi connectivity index (χ2v) is 4.24. The molecule has 1 aromatic rings. The van der Waals surface area contributed by atoms with Gasteiger partial charge in [-0.3, -0.25) is 0 Å². The Balaban J connectivity index is 2.18. The number of rotatable bonds is 2. The van der Waals surface area contributed by atoms with Gasteiger partial charge in [-0.2, -0.15) is 5.26 Å². The highest BCUT2D eigenvalue weighted by Crippen LogP contribution is 2.24. The van der Waals surface area contributed by atoms with Gasteiger partial charge in [0.05, 0.1) is 11.6 Å². The second kappa shape index (κ2) is 5.00. The Labute approximate surface area is 96.5 Å². The number of anilines is 1. The number of nitriles is 1. The molecule has 2 N–H and O–H groups in total. The fourth-order valence-electron chi connectivity index (χ4n) is 2.31. The van der Waals surface area contributed by atoms with Gasteiger partial charge in [-0.15, -0.1) is 0 Å². The first-order valence-corrected chi connectivity index (χ1v) is 5.82. The summed E-state index contributed by atoms with van der Waals surface area (Å²) in [5, 5.41) is 8.75. The van der Waals surface area contributed by atoms with Crippen LogP contribution in [0.1, 0.15) is 24.8 Å². The van der Waals surface area contributed by atoms with Crippen molar-refractivity contribution in [2.75, 3.05) is 18.0 Å². The van der Waals surface area contributed by atoms with Gasteiger partial charge in [-0.05, 0) is 43.5 Å². The molecule has 3 heteroatoms. The summed E-state index contributed by atoms with van der Waals surface area (Å²) in [6, 6.07) is 10.4. The number of hydrogen-bond acceptors (Lipinski definition) is 3. The molecule has 0 radical (unpaired) electrons. The maximum atomic E-state index is 8.75. The fraction of sp³-hybridized carbons (Fsp3) is 0.462. The summed E-state index contributed by atoms with van der Waals surface area (Å²) in [5.41, 5.74) is 7.70. The Morgan fingerprint density at radius 2 is 2.06 bits per heavy atom. The van der Waals surface area contributed by atoms with Crippen molar-refractivity contribution in [3.8, 4) is 6.07 Å². The molecule has 1 fully saturated rings. The minimum absolute atomic E-state index is 0.460. The summed E-state index contributed by atoms with van der Waals surface area (Å²) in [4.78, 5) is 2.37. The van der Waals surface area contributed by atoms with E-state index in [4.69, 9.17) is 11.0 Å². The van der Waals surface area contributed by atoms with Crippen LogP contribution in [-0.4, -0.2) is 19.1 Å². The van der Waals surface area contributed by atoms with Crippen LogP contribution in [0.2, 0.25) is 0 Å². The van der Waals surface area contributed by atoms with Crippen LogP contribution in [0.15, 0.2) is 24.3 Å². The normalized spacial score (nSPS) is 20.5. The van der Waals surface area contributed by atoms with Crippen molar-refractivity contribution in [1.29, 1.82) is 5.26 Å². The zero-order chi connectivity index (χ0) is 11.4. The van der Waals surface area contributed by atoms with E-state index < -0.39 is 0 Å². The maximum Gasteiger partial charge on any atom is 0.0991 e. The molecule has 84 valence electrons. The van der Waals surface area contributed by atoms with Gasteiger partial charge < -0.3 is 10.6 Å². The molecular weight excluding hydrogens is 198 g/mol. The van der Waals surface area contributed by atoms with Crippen LogP contribution in [-0.2, 0) is 0 Å². The maximum absolute atomic E-state index is 8.75. The third kappa shape index (κ3) is 2.17. The van der Waals surface area contributed by atoms with E-state index in [0.717, 1.165) is 6.54 Å². The van der Waals surface area contributed by atoms with Crippen molar-refractivity contribution in [3.63, 3.8) is 0 Å². The zero-order valence-corrected chi connectivity index (χ0v) is 9.39. The van der Waals surface area contributed by atoms with E-state index in [1.165, 1.54) is 24.9 Å². The molecule has 0 saturated carbocycles. The van der Waals surface area contributed by atoms with Gasteiger partial charge in [0.25, 0.3) is 0 Å². The van der Waals surface area contributed by atoms with Crippen LogP contribution in [0, 0.1) is 11.3 Å². The van der Waals surface area contributed by atoms with Gasteiger partial charge in [0.15, 0.2) is 0 Å². The lowest BCUT2D eigenvalue weighted by molar-refractivity contribution is 0.465. The number of hydrogen-bond donors (Lipinski definition) is 1.